The average molecular weight is 529 g/mol. The minimum absolute atomic E-state index is 0.00134. The molecule has 1 aliphatic rings. The van der Waals surface area contributed by atoms with Crippen molar-refractivity contribution in [3.63, 3.8) is 0 Å². The molecule has 196 valence electrons. The first-order chi connectivity index (χ1) is 16.0. The first-order valence-corrected chi connectivity index (χ1v) is 13.8. The largest absolute Gasteiger partial charge is 0.472 e. The van der Waals surface area contributed by atoms with Gasteiger partial charge < -0.3 is 25.0 Å². The molecule has 4 N–H and O–H groups in total. The Morgan fingerprint density at radius 2 is 1.79 bits per heavy atom. The highest BCUT2D eigenvalue weighted by Gasteiger charge is 2.56. The molecule has 0 aromatic carbocycles. The molecule has 34 heavy (non-hydrogen) atoms. The number of rotatable bonds is 15. The summed E-state index contributed by atoms with van der Waals surface area (Å²) in [5, 5.41) is 0. The molecule has 2 heterocycles. The van der Waals surface area contributed by atoms with Crippen LogP contribution >= 0.6 is 15.6 Å². The summed E-state index contributed by atoms with van der Waals surface area (Å²) in [4.78, 5) is 36.4. The molecule has 0 amide bonds. The quantitative estimate of drug-likeness (QED) is 0.220. The number of methoxy groups -OCH3 is 1. The van der Waals surface area contributed by atoms with E-state index >= 15 is 0 Å². The maximum Gasteiger partial charge on any atom is 0.472 e. The van der Waals surface area contributed by atoms with E-state index in [1.54, 1.807) is 0 Å². The third-order valence-electron chi connectivity index (χ3n) is 5.03. The van der Waals surface area contributed by atoms with Gasteiger partial charge in [-0.3, -0.25) is 22.7 Å². The lowest BCUT2D eigenvalue weighted by Gasteiger charge is -2.35. The standard InChI is InChI=1S/C18H33N3O11P2/c1-4-6-10-29-33(23,24)31-12-14-16(32-34(25,26)30-11-7-5-2)18(27-3,13-28-14)21-9-8-15(19)20-17(21)22/h8-9,14,16H,4-7,10-13H2,1-3H3,(H,23,24)(H,25,26)(H2,19,20,22)/t14-,16-,18-/m1/s1. The number of hydrogen-bond acceptors (Lipinski definition) is 11. The molecule has 0 saturated carbocycles. The number of aromatic nitrogens is 2. The van der Waals surface area contributed by atoms with Gasteiger partial charge in [-0.15, -0.1) is 0 Å². The lowest BCUT2D eigenvalue weighted by Crippen LogP contribution is -2.54. The van der Waals surface area contributed by atoms with Crippen LogP contribution in [0.15, 0.2) is 17.1 Å². The van der Waals surface area contributed by atoms with Crippen LogP contribution in [-0.4, -0.2) is 65.1 Å². The van der Waals surface area contributed by atoms with Crippen LogP contribution < -0.4 is 11.4 Å². The minimum Gasteiger partial charge on any atom is -0.383 e. The molecule has 2 unspecified atom stereocenters. The van der Waals surface area contributed by atoms with E-state index in [1.807, 2.05) is 13.8 Å². The zero-order valence-electron chi connectivity index (χ0n) is 19.4. The Morgan fingerprint density at radius 1 is 1.18 bits per heavy atom. The molecule has 2 rings (SSSR count). The highest BCUT2D eigenvalue weighted by atomic mass is 31.2. The van der Waals surface area contributed by atoms with Gasteiger partial charge in [-0.2, -0.15) is 4.98 Å². The fourth-order valence-corrected chi connectivity index (χ4v) is 4.96. The SMILES string of the molecule is CCCCOP(=O)(O)OC[C@H]1OC[C@](OC)(n2ccc(N)nc2=O)[C@@H]1OP(=O)(O)OCCCC. The highest BCUT2D eigenvalue weighted by Crippen LogP contribution is 2.51. The van der Waals surface area contributed by atoms with Crippen molar-refractivity contribution in [1.29, 1.82) is 0 Å². The van der Waals surface area contributed by atoms with Crippen LogP contribution in [0, 0.1) is 0 Å². The predicted molar refractivity (Wildman–Crippen MR) is 120 cm³/mol. The smallest absolute Gasteiger partial charge is 0.383 e. The normalized spacial score (nSPS) is 26.3. The van der Waals surface area contributed by atoms with Gasteiger partial charge in [0.25, 0.3) is 0 Å². The second kappa shape index (κ2) is 12.7. The number of phosphoric ester groups is 2. The van der Waals surface area contributed by atoms with E-state index in [2.05, 4.69) is 4.98 Å². The van der Waals surface area contributed by atoms with E-state index in [0.29, 0.717) is 19.3 Å². The summed E-state index contributed by atoms with van der Waals surface area (Å²) >= 11 is 0. The number of unbranched alkanes of at least 4 members (excludes halogenated alkanes) is 2. The Labute approximate surface area is 197 Å². The summed E-state index contributed by atoms with van der Waals surface area (Å²) in [6.45, 7) is 2.77. The number of nitrogens with two attached hydrogens (primary N) is 1. The van der Waals surface area contributed by atoms with Crippen molar-refractivity contribution in [2.75, 3.05) is 39.3 Å². The van der Waals surface area contributed by atoms with Gasteiger partial charge in [-0.05, 0) is 18.9 Å². The van der Waals surface area contributed by atoms with Crippen molar-refractivity contribution in [2.45, 2.75) is 57.5 Å². The zero-order chi connectivity index (χ0) is 25.4. The van der Waals surface area contributed by atoms with Crippen LogP contribution in [0.4, 0.5) is 5.82 Å². The second-order valence-electron chi connectivity index (χ2n) is 7.54. The van der Waals surface area contributed by atoms with E-state index < -0.39 is 45.9 Å². The summed E-state index contributed by atoms with van der Waals surface area (Å²) in [7, 11) is -7.89. The van der Waals surface area contributed by atoms with Gasteiger partial charge in [0, 0.05) is 13.3 Å². The van der Waals surface area contributed by atoms with Crippen molar-refractivity contribution < 1.29 is 46.5 Å². The average Bonchev–Trinajstić information content (AvgIpc) is 3.10. The Kier molecular flexibility index (Phi) is 10.8. The van der Waals surface area contributed by atoms with Gasteiger partial charge in [-0.1, -0.05) is 26.7 Å². The fourth-order valence-electron chi connectivity index (χ4n) is 3.18. The Bertz CT molecular complexity index is 946. The van der Waals surface area contributed by atoms with E-state index in [0.717, 1.165) is 11.0 Å². The van der Waals surface area contributed by atoms with Crippen LogP contribution in [0.1, 0.15) is 39.5 Å². The molecule has 0 aliphatic carbocycles. The monoisotopic (exact) mass is 529 g/mol. The maximum absolute atomic E-state index is 12.6. The Morgan fingerprint density at radius 3 is 2.35 bits per heavy atom. The lowest BCUT2D eigenvalue weighted by atomic mass is 10.1. The zero-order valence-corrected chi connectivity index (χ0v) is 21.2. The first kappa shape index (κ1) is 29.1. The number of nitrogens with zero attached hydrogens (tertiary/aromatic N) is 2. The number of phosphoric acid groups is 2. The van der Waals surface area contributed by atoms with E-state index in [1.165, 1.54) is 19.4 Å². The van der Waals surface area contributed by atoms with E-state index in [-0.39, 0.29) is 25.6 Å². The molecule has 0 spiro atoms. The topological polar surface area (TPSA) is 191 Å². The van der Waals surface area contributed by atoms with E-state index in [4.69, 9.17) is 33.3 Å². The molecule has 14 nitrogen and oxygen atoms in total. The summed E-state index contributed by atoms with van der Waals surface area (Å²) in [5.74, 6) is -0.0510. The maximum atomic E-state index is 12.6. The fraction of sp³-hybridized carbons (Fsp3) is 0.778. The van der Waals surface area contributed by atoms with Gasteiger partial charge in [0.2, 0.25) is 5.72 Å². The first-order valence-electron chi connectivity index (χ1n) is 10.8. The molecule has 0 bridgehead atoms. The van der Waals surface area contributed by atoms with Crippen molar-refractivity contribution in [1.82, 2.24) is 9.55 Å². The van der Waals surface area contributed by atoms with E-state index in [9.17, 15) is 23.7 Å². The molecule has 1 saturated heterocycles. The number of anilines is 1. The molecule has 1 aliphatic heterocycles. The third kappa shape index (κ3) is 7.66. The molecular weight excluding hydrogens is 496 g/mol. The van der Waals surface area contributed by atoms with Crippen molar-refractivity contribution >= 4 is 21.5 Å². The molecule has 16 heteroatoms. The molecule has 1 aromatic rings. The number of hydrogen-bond donors (Lipinski definition) is 3. The minimum atomic E-state index is -4.67. The van der Waals surface area contributed by atoms with Crippen molar-refractivity contribution in [3.05, 3.63) is 22.7 Å². The van der Waals surface area contributed by atoms with Crippen LogP contribution in [0.3, 0.4) is 0 Å². The van der Waals surface area contributed by atoms with Crippen LogP contribution in [0.2, 0.25) is 0 Å². The molecular formula is C18H33N3O11P2. The number of ether oxygens (including phenoxy) is 2. The summed E-state index contributed by atoms with van der Waals surface area (Å²) < 4.78 is 57.3. The second-order valence-corrected chi connectivity index (χ2v) is 10.4. The van der Waals surface area contributed by atoms with Gasteiger partial charge in [-0.25, -0.2) is 13.9 Å². The number of nitrogen functional groups attached to an aromatic ring is 1. The van der Waals surface area contributed by atoms with Crippen molar-refractivity contribution in [3.8, 4) is 0 Å². The molecule has 0 radical (unpaired) electrons. The van der Waals surface area contributed by atoms with Gasteiger partial charge in [0.05, 0.1) is 26.4 Å². The Hall–Kier alpha value is -1.18. The van der Waals surface area contributed by atoms with Crippen LogP contribution in [-0.2, 0) is 42.4 Å². The van der Waals surface area contributed by atoms with Gasteiger partial charge in [0.1, 0.15) is 18.0 Å². The van der Waals surface area contributed by atoms with Crippen molar-refractivity contribution in [2.24, 2.45) is 0 Å². The predicted octanol–water partition coefficient (Wildman–Crippen LogP) is 1.76. The summed E-state index contributed by atoms with van der Waals surface area (Å²) in [6.07, 6.45) is 1.04. The third-order valence-corrected chi connectivity index (χ3v) is 7.01. The molecule has 1 fully saturated rings. The lowest BCUT2D eigenvalue weighted by molar-refractivity contribution is -0.139. The molecule has 5 atom stereocenters. The molecule has 1 aromatic heterocycles. The summed E-state index contributed by atoms with van der Waals surface area (Å²) in [6, 6.07) is 1.32. The van der Waals surface area contributed by atoms with Crippen LogP contribution in [0.25, 0.3) is 0 Å². The Balaban J connectivity index is 2.33. The van der Waals surface area contributed by atoms with Crippen LogP contribution in [0.5, 0.6) is 0 Å². The van der Waals surface area contributed by atoms with Gasteiger partial charge in [0.15, 0.2) is 0 Å². The van der Waals surface area contributed by atoms with Gasteiger partial charge >= 0.3 is 21.3 Å². The highest BCUT2D eigenvalue weighted by molar-refractivity contribution is 7.47. The summed E-state index contributed by atoms with van der Waals surface area (Å²) in [5.41, 5.74) is 2.94.